The van der Waals surface area contributed by atoms with Crippen LogP contribution in [0.25, 0.3) is 11.4 Å². The molecule has 0 bridgehead atoms. The van der Waals surface area contributed by atoms with E-state index in [0.29, 0.717) is 18.3 Å². The molecule has 4 rings (SSSR count). The first-order valence-corrected chi connectivity index (χ1v) is 10.8. The Bertz CT molecular complexity index is 991. The van der Waals surface area contributed by atoms with Gasteiger partial charge in [0.05, 0.1) is 6.04 Å². The van der Waals surface area contributed by atoms with E-state index in [1.807, 2.05) is 35.0 Å². The van der Waals surface area contributed by atoms with Gasteiger partial charge in [0.15, 0.2) is 5.82 Å². The van der Waals surface area contributed by atoms with Crippen LogP contribution in [0.3, 0.4) is 0 Å². The zero-order valence-electron chi connectivity index (χ0n) is 17.0. The van der Waals surface area contributed by atoms with E-state index in [2.05, 4.69) is 52.1 Å². The topological polar surface area (TPSA) is 81.1 Å². The second-order valence-electron chi connectivity index (χ2n) is 7.20. The predicted molar refractivity (Wildman–Crippen MR) is 118 cm³/mol. The molecule has 1 aromatic heterocycles. The molecule has 0 spiro atoms. The fourth-order valence-electron chi connectivity index (χ4n) is 3.38. The van der Waals surface area contributed by atoms with Gasteiger partial charge in [0.1, 0.15) is 5.25 Å². The Labute approximate surface area is 180 Å². The molecule has 3 aromatic rings. The zero-order valence-corrected chi connectivity index (χ0v) is 17.9. The number of benzene rings is 2. The van der Waals surface area contributed by atoms with Crippen LogP contribution in [0.5, 0.6) is 0 Å². The molecular weight excluding hydrogens is 398 g/mol. The van der Waals surface area contributed by atoms with Gasteiger partial charge in [0, 0.05) is 25.8 Å². The van der Waals surface area contributed by atoms with Crippen molar-refractivity contribution in [2.45, 2.75) is 29.8 Å². The average Bonchev–Trinajstić information content (AvgIpc) is 3.20. The highest BCUT2D eigenvalue weighted by atomic mass is 32.2. The number of carbonyl (C=O) groups is 1. The molecular formula is C22H25N5O2S. The van der Waals surface area contributed by atoms with Crippen LogP contribution in [0.4, 0.5) is 0 Å². The van der Waals surface area contributed by atoms with Gasteiger partial charge in [-0.3, -0.25) is 4.79 Å². The number of aryl methyl sites for hydroxylation is 1. The number of hydrogen-bond acceptors (Lipinski definition) is 6. The van der Waals surface area contributed by atoms with E-state index in [1.165, 1.54) is 17.3 Å². The number of thioether (sulfide) groups is 1. The van der Waals surface area contributed by atoms with Crippen molar-refractivity contribution >= 4 is 17.7 Å². The van der Waals surface area contributed by atoms with Crippen LogP contribution in [-0.4, -0.2) is 46.3 Å². The van der Waals surface area contributed by atoms with Gasteiger partial charge in [0.25, 0.3) is 0 Å². The highest BCUT2D eigenvalue weighted by molar-refractivity contribution is 8.00. The first-order valence-electron chi connectivity index (χ1n) is 9.94. The van der Waals surface area contributed by atoms with E-state index < -0.39 is 0 Å². The number of nitrogens with one attached hydrogen (secondary N) is 2. The van der Waals surface area contributed by atoms with E-state index in [4.69, 9.17) is 4.74 Å². The lowest BCUT2D eigenvalue weighted by Crippen LogP contribution is -2.44. The Balaban J connectivity index is 1.64. The monoisotopic (exact) mass is 423 g/mol. The number of rotatable bonds is 7. The van der Waals surface area contributed by atoms with E-state index >= 15 is 0 Å². The number of nitrogens with zero attached hydrogens (tertiary/aromatic N) is 3. The van der Waals surface area contributed by atoms with Gasteiger partial charge in [-0.25, -0.2) is 4.68 Å². The predicted octanol–water partition coefficient (Wildman–Crippen LogP) is 3.17. The van der Waals surface area contributed by atoms with Crippen LogP contribution in [0, 0.1) is 6.92 Å². The summed E-state index contributed by atoms with van der Waals surface area (Å²) in [5.41, 5.74) is 6.69. The molecule has 8 heteroatoms. The van der Waals surface area contributed by atoms with Crippen molar-refractivity contribution in [3.63, 3.8) is 0 Å². The molecule has 1 aliphatic heterocycles. The molecule has 0 unspecified atom stereocenters. The summed E-state index contributed by atoms with van der Waals surface area (Å²) in [5, 5.41) is 12.0. The third-order valence-electron chi connectivity index (χ3n) is 4.99. The summed E-state index contributed by atoms with van der Waals surface area (Å²) in [6, 6.07) is 18.0. The molecule has 30 heavy (non-hydrogen) atoms. The molecule has 0 aliphatic carbocycles. The summed E-state index contributed by atoms with van der Waals surface area (Å²) in [4.78, 5) is 13.0. The average molecular weight is 424 g/mol. The second kappa shape index (κ2) is 9.32. The Morgan fingerprint density at radius 1 is 1.17 bits per heavy atom. The maximum atomic E-state index is 13.0. The molecule has 2 aromatic carbocycles. The van der Waals surface area contributed by atoms with E-state index in [1.54, 1.807) is 7.11 Å². The first-order chi connectivity index (χ1) is 14.7. The largest absolute Gasteiger partial charge is 0.385 e. The normalized spacial score (nSPS) is 17.8. The third-order valence-corrected chi connectivity index (χ3v) is 6.20. The van der Waals surface area contributed by atoms with Crippen LogP contribution in [0.15, 0.2) is 59.8 Å². The Hall–Kier alpha value is -2.84. The number of methoxy groups -OCH3 is 1. The maximum absolute atomic E-state index is 13.0. The van der Waals surface area contributed by atoms with Crippen molar-refractivity contribution in [3.8, 4) is 11.4 Å². The van der Waals surface area contributed by atoms with Gasteiger partial charge in [-0.05, 0) is 18.9 Å². The number of fused-ring (bicyclic) bond motifs is 1. The first kappa shape index (κ1) is 20.4. The molecule has 1 amide bonds. The summed E-state index contributed by atoms with van der Waals surface area (Å²) in [7, 11) is 1.66. The molecule has 0 radical (unpaired) electrons. The Morgan fingerprint density at radius 3 is 2.67 bits per heavy atom. The molecule has 156 valence electrons. The molecule has 1 aliphatic rings. The summed E-state index contributed by atoms with van der Waals surface area (Å²) < 4.78 is 6.96. The van der Waals surface area contributed by atoms with Crippen molar-refractivity contribution in [1.82, 2.24) is 20.2 Å². The lowest BCUT2D eigenvalue weighted by Gasteiger charge is -2.33. The van der Waals surface area contributed by atoms with Gasteiger partial charge in [-0.1, -0.05) is 71.9 Å². The standard InChI is InChI=1S/C22H25N5O2S/c1-15-9-11-16(12-10-15)18-19(21(28)23-13-6-14-29-2)30-22-25-24-20(27(22)26-18)17-7-4-3-5-8-17/h3-5,7-12,18-19,26H,6,13-14H2,1-2H3,(H,23,28)/t18-,19+/m1/s1. The lowest BCUT2D eigenvalue weighted by molar-refractivity contribution is -0.121. The molecule has 2 N–H and O–H groups in total. The highest BCUT2D eigenvalue weighted by Gasteiger charge is 2.37. The van der Waals surface area contributed by atoms with Gasteiger partial charge in [-0.15, -0.1) is 10.2 Å². The van der Waals surface area contributed by atoms with Gasteiger partial charge >= 0.3 is 0 Å². The van der Waals surface area contributed by atoms with Gasteiger partial charge in [-0.2, -0.15) is 0 Å². The minimum absolute atomic E-state index is 0.0234. The maximum Gasteiger partial charge on any atom is 0.236 e. The van der Waals surface area contributed by atoms with Crippen LogP contribution in [0.2, 0.25) is 0 Å². The molecule has 2 heterocycles. The van der Waals surface area contributed by atoms with Crippen LogP contribution >= 0.6 is 11.8 Å². The van der Waals surface area contributed by atoms with Crippen molar-refractivity contribution in [1.29, 1.82) is 0 Å². The van der Waals surface area contributed by atoms with Crippen LogP contribution in [0.1, 0.15) is 23.6 Å². The zero-order chi connectivity index (χ0) is 20.9. The number of carbonyl (C=O) groups excluding carboxylic acids is 1. The van der Waals surface area contributed by atoms with Gasteiger partial charge in [0.2, 0.25) is 11.1 Å². The summed E-state index contributed by atoms with van der Waals surface area (Å²) in [5.74, 6) is 0.707. The number of hydrogen-bond donors (Lipinski definition) is 2. The minimum Gasteiger partial charge on any atom is -0.385 e. The molecule has 7 nitrogen and oxygen atoms in total. The lowest BCUT2D eigenvalue weighted by atomic mass is 10.0. The molecule has 0 saturated carbocycles. The van der Waals surface area contributed by atoms with Crippen molar-refractivity contribution in [2.75, 3.05) is 25.7 Å². The quantitative estimate of drug-likeness (QED) is 0.568. The van der Waals surface area contributed by atoms with Crippen LogP contribution < -0.4 is 10.7 Å². The van der Waals surface area contributed by atoms with E-state index in [9.17, 15) is 4.79 Å². The summed E-state index contributed by atoms with van der Waals surface area (Å²) in [6.07, 6.45) is 0.774. The minimum atomic E-state index is -0.365. The van der Waals surface area contributed by atoms with E-state index in [0.717, 1.165) is 23.4 Å². The Kier molecular flexibility index (Phi) is 6.35. The SMILES string of the molecule is COCCCNC(=O)[C@H]1Sc2nnc(-c3ccccc3)n2N[C@@H]1c1ccc(C)cc1. The fourth-order valence-corrected chi connectivity index (χ4v) is 4.49. The van der Waals surface area contributed by atoms with Crippen molar-refractivity contribution in [3.05, 3.63) is 65.7 Å². The third kappa shape index (κ3) is 4.34. The summed E-state index contributed by atoms with van der Waals surface area (Å²) >= 11 is 1.44. The molecule has 2 atom stereocenters. The number of ether oxygens (including phenoxy) is 1. The number of amides is 1. The number of aromatic nitrogens is 3. The highest BCUT2D eigenvalue weighted by Crippen LogP contribution is 2.38. The summed E-state index contributed by atoms with van der Waals surface area (Å²) in [6.45, 7) is 3.25. The van der Waals surface area contributed by atoms with Crippen molar-refractivity contribution in [2.24, 2.45) is 0 Å². The second-order valence-corrected chi connectivity index (χ2v) is 8.31. The molecule has 0 saturated heterocycles. The molecule has 0 fully saturated rings. The smallest absolute Gasteiger partial charge is 0.236 e. The van der Waals surface area contributed by atoms with Crippen LogP contribution in [-0.2, 0) is 9.53 Å². The fraction of sp³-hybridized carbons (Fsp3) is 0.318. The van der Waals surface area contributed by atoms with Crippen molar-refractivity contribution < 1.29 is 9.53 Å². The van der Waals surface area contributed by atoms with Gasteiger partial charge < -0.3 is 15.5 Å². The Morgan fingerprint density at radius 2 is 1.93 bits per heavy atom. The van der Waals surface area contributed by atoms with E-state index in [-0.39, 0.29) is 17.2 Å².